The second-order valence-corrected chi connectivity index (χ2v) is 15.4. The topological polar surface area (TPSA) is 55.8 Å². The third kappa shape index (κ3) is 4.33. The quantitative estimate of drug-likeness (QED) is 0.199. The van der Waals surface area contributed by atoms with Crippen LogP contribution in [0, 0.1) is 46.3 Å². The second kappa shape index (κ2) is 10.4. The van der Waals surface area contributed by atoms with Gasteiger partial charge < -0.3 is 14.4 Å². The molecule has 0 unspecified atom stereocenters. The summed E-state index contributed by atoms with van der Waals surface area (Å²) in [5.74, 6) is 3.79. The molecule has 40 heavy (non-hydrogen) atoms. The van der Waals surface area contributed by atoms with E-state index in [-0.39, 0.29) is 34.9 Å². The Morgan fingerprint density at radius 3 is 2.62 bits per heavy atom. The van der Waals surface area contributed by atoms with E-state index < -0.39 is 5.72 Å². The molecule has 0 bridgehead atoms. The normalized spacial score (nSPS) is 47.6. The average molecular weight is 554 g/mol. The molecule has 5 nitrogen and oxygen atoms in total. The molecule has 0 radical (unpaired) electrons. The molecular formula is C35H55NO4. The van der Waals surface area contributed by atoms with Gasteiger partial charge in [-0.1, -0.05) is 59.1 Å². The van der Waals surface area contributed by atoms with Gasteiger partial charge in [0.2, 0.25) is 5.91 Å². The maximum absolute atomic E-state index is 12.8. The minimum Gasteiger partial charge on any atom is -0.462 e. The number of esters is 1. The van der Waals surface area contributed by atoms with Crippen LogP contribution in [0.4, 0.5) is 0 Å². The maximum atomic E-state index is 12.8. The van der Waals surface area contributed by atoms with Crippen LogP contribution in [0.1, 0.15) is 125 Å². The molecular weight excluding hydrogens is 498 g/mol. The van der Waals surface area contributed by atoms with Gasteiger partial charge in [-0.15, -0.1) is 0 Å². The second-order valence-electron chi connectivity index (χ2n) is 15.4. The lowest BCUT2D eigenvalue weighted by atomic mass is 9.46. The Labute approximate surface area is 243 Å². The fraction of sp³-hybridized carbons (Fsp3) is 0.886. The van der Waals surface area contributed by atoms with Crippen LogP contribution in [0.15, 0.2) is 11.6 Å². The Morgan fingerprint density at radius 2 is 1.88 bits per heavy atom. The van der Waals surface area contributed by atoms with Crippen molar-refractivity contribution in [1.29, 1.82) is 0 Å². The molecule has 5 fully saturated rings. The first kappa shape index (κ1) is 28.7. The fourth-order valence-corrected chi connectivity index (χ4v) is 11.3. The average Bonchev–Trinajstić information content (AvgIpc) is 3.36. The summed E-state index contributed by atoms with van der Waals surface area (Å²) in [4.78, 5) is 27.4. The lowest BCUT2D eigenvalue weighted by Crippen LogP contribution is -2.60. The molecule has 0 aromatic rings. The van der Waals surface area contributed by atoms with Crippen molar-refractivity contribution < 1.29 is 19.1 Å². The standard InChI is InChI=1S/C35H55NO4/c1-7-8-9-10-31(38)39-26-14-16-33(5)25(19-26)11-12-27-28(33)15-17-34(6)29(27)20-30-32(34)23(3)35(40-30)18-13-22(2)21-36(35)24(4)37/h11,22-23,26-30,32H,7-10,12-21H2,1-6H3/t22-,23-,26-,27+,28-,29-,30-,32-,33-,34-,35-/m0/s1. The SMILES string of the molecule is CCCCCC(=O)O[C@H]1CC[C@@]2(C)C(=CC[C@H]3[C@@H]4C[C@@H]5O[C@@]6(CC[C@H](C)CN6C(C)=O)[C@@H](C)[C@@H]5[C@@]4(C)CC[C@@H]32)C1. The van der Waals surface area contributed by atoms with Gasteiger partial charge in [-0.2, -0.15) is 0 Å². The van der Waals surface area contributed by atoms with E-state index in [4.69, 9.17) is 9.47 Å². The van der Waals surface area contributed by atoms with Crippen molar-refractivity contribution in [2.45, 2.75) is 143 Å². The van der Waals surface area contributed by atoms with Crippen LogP contribution < -0.4 is 0 Å². The Hall–Kier alpha value is -1.36. The number of fused-ring (bicyclic) bond motifs is 7. The zero-order valence-corrected chi connectivity index (χ0v) is 26.2. The summed E-state index contributed by atoms with van der Waals surface area (Å²) >= 11 is 0. The van der Waals surface area contributed by atoms with Gasteiger partial charge >= 0.3 is 5.97 Å². The van der Waals surface area contributed by atoms with E-state index in [1.165, 1.54) is 19.3 Å². The van der Waals surface area contributed by atoms with Crippen molar-refractivity contribution in [3.8, 4) is 0 Å². The van der Waals surface area contributed by atoms with Crippen LogP contribution in [0.2, 0.25) is 0 Å². The molecule has 0 N–H and O–H groups in total. The van der Waals surface area contributed by atoms with E-state index in [0.717, 1.165) is 70.3 Å². The number of allylic oxidation sites excluding steroid dienone is 1. The number of hydrogen-bond donors (Lipinski definition) is 0. The van der Waals surface area contributed by atoms with Crippen molar-refractivity contribution in [3.05, 3.63) is 11.6 Å². The highest BCUT2D eigenvalue weighted by Crippen LogP contribution is 2.70. The van der Waals surface area contributed by atoms with Gasteiger partial charge in [-0.25, -0.2) is 0 Å². The van der Waals surface area contributed by atoms with Crippen molar-refractivity contribution >= 4 is 11.9 Å². The summed E-state index contributed by atoms with van der Waals surface area (Å²) in [7, 11) is 0. The Morgan fingerprint density at radius 1 is 1.07 bits per heavy atom. The number of rotatable bonds is 5. The lowest BCUT2D eigenvalue weighted by molar-refractivity contribution is -0.200. The van der Waals surface area contributed by atoms with Gasteiger partial charge in [0.25, 0.3) is 0 Å². The fourth-order valence-electron chi connectivity index (χ4n) is 11.3. The van der Waals surface area contributed by atoms with Crippen molar-refractivity contribution in [1.82, 2.24) is 4.90 Å². The third-order valence-corrected chi connectivity index (χ3v) is 13.4. The molecule has 5 heteroatoms. The van der Waals surface area contributed by atoms with E-state index in [9.17, 15) is 9.59 Å². The van der Waals surface area contributed by atoms with Crippen LogP contribution in [-0.2, 0) is 19.1 Å². The minimum atomic E-state index is -0.392. The van der Waals surface area contributed by atoms with Gasteiger partial charge in [0.05, 0.1) is 6.10 Å². The molecule has 3 saturated carbocycles. The maximum Gasteiger partial charge on any atom is 0.306 e. The van der Waals surface area contributed by atoms with Crippen LogP contribution in [0.3, 0.4) is 0 Å². The molecule has 2 aliphatic heterocycles. The molecule has 6 aliphatic rings. The minimum absolute atomic E-state index is 0.00456. The van der Waals surface area contributed by atoms with E-state index in [1.807, 2.05) is 0 Å². The van der Waals surface area contributed by atoms with E-state index >= 15 is 0 Å². The first-order valence-corrected chi connectivity index (χ1v) is 16.9. The molecule has 4 aliphatic carbocycles. The zero-order valence-electron chi connectivity index (χ0n) is 26.2. The Kier molecular flexibility index (Phi) is 7.49. The first-order chi connectivity index (χ1) is 19.0. The number of carbonyl (C=O) groups is 2. The van der Waals surface area contributed by atoms with Gasteiger partial charge in [0.1, 0.15) is 11.8 Å². The molecule has 2 heterocycles. The van der Waals surface area contributed by atoms with E-state index in [1.54, 1.807) is 12.5 Å². The number of likely N-dealkylation sites (tertiary alicyclic amines) is 1. The molecule has 1 amide bonds. The smallest absolute Gasteiger partial charge is 0.306 e. The number of carbonyl (C=O) groups excluding carboxylic acids is 2. The summed E-state index contributed by atoms with van der Waals surface area (Å²) in [6.07, 6.45) is 16.8. The number of piperidine rings is 1. The molecule has 2 saturated heterocycles. The highest BCUT2D eigenvalue weighted by atomic mass is 16.5. The summed E-state index contributed by atoms with van der Waals surface area (Å²) in [5.41, 5.74) is 1.71. The highest BCUT2D eigenvalue weighted by molar-refractivity contribution is 5.74. The van der Waals surface area contributed by atoms with Crippen molar-refractivity contribution in [2.24, 2.45) is 46.3 Å². The predicted molar refractivity (Wildman–Crippen MR) is 157 cm³/mol. The van der Waals surface area contributed by atoms with E-state index in [0.29, 0.717) is 36.0 Å². The molecule has 0 aromatic heterocycles. The van der Waals surface area contributed by atoms with Crippen LogP contribution >= 0.6 is 0 Å². The first-order valence-electron chi connectivity index (χ1n) is 16.9. The zero-order chi connectivity index (χ0) is 28.4. The van der Waals surface area contributed by atoms with Gasteiger partial charge in [0, 0.05) is 32.2 Å². The number of ether oxygens (including phenoxy) is 2. The van der Waals surface area contributed by atoms with Gasteiger partial charge in [-0.05, 0) is 98.2 Å². The highest BCUT2D eigenvalue weighted by Gasteiger charge is 2.69. The van der Waals surface area contributed by atoms with Crippen LogP contribution in [-0.4, -0.2) is 41.3 Å². The molecule has 11 atom stereocenters. The Bertz CT molecular complexity index is 1040. The van der Waals surface area contributed by atoms with Crippen molar-refractivity contribution in [3.63, 3.8) is 0 Å². The summed E-state index contributed by atoms with van der Waals surface area (Å²) in [5, 5.41) is 0. The van der Waals surface area contributed by atoms with Gasteiger partial charge in [0.15, 0.2) is 0 Å². The van der Waals surface area contributed by atoms with E-state index in [2.05, 4.69) is 45.6 Å². The number of unbranched alkanes of at least 4 members (excludes halogenated alkanes) is 2. The summed E-state index contributed by atoms with van der Waals surface area (Å²) in [6.45, 7) is 14.6. The third-order valence-electron chi connectivity index (χ3n) is 13.4. The number of amides is 1. The Balaban J connectivity index is 1.18. The lowest BCUT2D eigenvalue weighted by Gasteiger charge is -2.59. The predicted octanol–water partition coefficient (Wildman–Crippen LogP) is 7.68. The monoisotopic (exact) mass is 553 g/mol. The largest absolute Gasteiger partial charge is 0.462 e. The number of nitrogens with zero attached hydrogens (tertiary/aromatic N) is 1. The van der Waals surface area contributed by atoms with Gasteiger partial charge in [-0.3, -0.25) is 9.59 Å². The summed E-state index contributed by atoms with van der Waals surface area (Å²) in [6, 6.07) is 0. The van der Waals surface area contributed by atoms with Crippen LogP contribution in [0.5, 0.6) is 0 Å². The van der Waals surface area contributed by atoms with Crippen molar-refractivity contribution in [2.75, 3.05) is 6.54 Å². The molecule has 1 spiro atoms. The molecule has 224 valence electrons. The summed E-state index contributed by atoms with van der Waals surface area (Å²) < 4.78 is 13.1. The van der Waals surface area contributed by atoms with Crippen LogP contribution in [0.25, 0.3) is 0 Å². The molecule has 0 aromatic carbocycles. The molecule has 6 rings (SSSR count). The number of hydrogen-bond acceptors (Lipinski definition) is 4.